The van der Waals surface area contributed by atoms with Crippen LogP contribution in [-0.4, -0.2) is 89.5 Å². The van der Waals surface area contributed by atoms with Crippen molar-refractivity contribution in [3.8, 4) is 5.75 Å². The van der Waals surface area contributed by atoms with Crippen LogP contribution in [0.4, 0.5) is 0 Å². The van der Waals surface area contributed by atoms with E-state index < -0.39 is 22.8 Å². The summed E-state index contributed by atoms with van der Waals surface area (Å²) in [6.07, 6.45) is 16.4. The maximum Gasteiger partial charge on any atom is 0.287 e. The first kappa shape index (κ1) is 39.9. The molecular formula is C36H54N6O6. The summed E-state index contributed by atoms with van der Waals surface area (Å²) >= 11 is 0. The van der Waals surface area contributed by atoms with Gasteiger partial charge >= 0.3 is 0 Å². The molecular weight excluding hydrogens is 612 g/mol. The summed E-state index contributed by atoms with van der Waals surface area (Å²) in [5, 5.41) is 26.7. The first-order valence-electron chi connectivity index (χ1n) is 17.3. The van der Waals surface area contributed by atoms with Crippen LogP contribution >= 0.6 is 0 Å². The molecule has 3 aliphatic rings. The topological polar surface area (TPSA) is 157 Å². The fourth-order valence-corrected chi connectivity index (χ4v) is 5.90. The van der Waals surface area contributed by atoms with Gasteiger partial charge in [0.05, 0.1) is 28.3 Å². The summed E-state index contributed by atoms with van der Waals surface area (Å²) < 4.78 is 0. The van der Waals surface area contributed by atoms with Gasteiger partial charge in [-0.1, -0.05) is 40.2 Å². The second-order valence-corrected chi connectivity index (χ2v) is 11.6. The van der Waals surface area contributed by atoms with Crippen LogP contribution in [0.1, 0.15) is 99.8 Å². The number of hydrogen-bond acceptors (Lipinski definition) is 10. The van der Waals surface area contributed by atoms with E-state index in [-0.39, 0.29) is 29.0 Å². The molecule has 12 heteroatoms. The second-order valence-electron chi connectivity index (χ2n) is 11.6. The predicted molar refractivity (Wildman–Crippen MR) is 190 cm³/mol. The summed E-state index contributed by atoms with van der Waals surface area (Å²) in [4.78, 5) is 54.6. The number of carbonyl (C=O) groups excluding carboxylic acids is 3. The molecule has 2 unspecified atom stereocenters. The number of imide groups is 1. The van der Waals surface area contributed by atoms with Gasteiger partial charge in [0.25, 0.3) is 17.5 Å². The highest BCUT2D eigenvalue weighted by Gasteiger charge is 2.41. The number of carbonyl (C=O) groups is 3. The third-order valence-corrected chi connectivity index (χ3v) is 8.61. The van der Waals surface area contributed by atoms with Crippen LogP contribution in [0.3, 0.4) is 0 Å². The fraction of sp³-hybridized carbons (Fsp3) is 0.556. The zero-order valence-corrected chi connectivity index (χ0v) is 29.2. The summed E-state index contributed by atoms with van der Waals surface area (Å²) in [6, 6.07) is 4.37. The molecule has 12 nitrogen and oxygen atoms in total. The Hall–Kier alpha value is -4.32. The number of nitrogens with one attached hydrogen (secondary N) is 2. The van der Waals surface area contributed by atoms with E-state index in [1.54, 1.807) is 19.3 Å². The number of amides is 2. The van der Waals surface area contributed by atoms with Crippen molar-refractivity contribution in [1.82, 2.24) is 20.4 Å². The molecule has 0 spiro atoms. The number of aldehydes is 1. The van der Waals surface area contributed by atoms with Crippen molar-refractivity contribution in [2.24, 2.45) is 10.9 Å². The molecule has 0 aromatic heterocycles. The van der Waals surface area contributed by atoms with E-state index in [1.807, 2.05) is 26.8 Å². The zero-order chi connectivity index (χ0) is 35.5. The number of benzene rings is 1. The minimum atomic E-state index is -0.528. The number of aromatic hydroxyl groups is 1. The Morgan fingerprint density at radius 2 is 1.92 bits per heavy atom. The molecule has 264 valence electrons. The normalized spacial score (nSPS) is 20.5. The summed E-state index contributed by atoms with van der Waals surface area (Å²) in [5.74, 6) is -0.336. The number of likely N-dealkylation sites (N-methyl/N-ethyl adjacent to an activating group) is 1. The molecule has 48 heavy (non-hydrogen) atoms. The van der Waals surface area contributed by atoms with E-state index in [2.05, 4.69) is 27.4 Å². The van der Waals surface area contributed by atoms with Gasteiger partial charge in [-0.25, -0.2) is 0 Å². The average Bonchev–Trinajstić information content (AvgIpc) is 3.29. The number of allylic oxidation sites excluding steroid dienone is 4. The lowest BCUT2D eigenvalue weighted by Gasteiger charge is -2.39. The largest absolute Gasteiger partial charge is 0.508 e. The molecule has 3 N–H and O–H groups in total. The standard InChI is InChI=1S/C17H28N4O2.C17H20N2O4.C2H6/c1-2-20(16-5-3-6-16)14-15-8-11-18-10-4-7-17(21(22)23)13-19-12-9-15;1-3-5-14(18-2)15(6-4-9-20)19-16(22)12-8-7-11(21)10-13(12)17(19)23;1-2/h4,7,10,13,15-16,18H,2-3,5-6,8-9,11-12,14H2,1H3;5,7-10,15,18,21H,3-4,6H2,1-2H3;1-2H3/b10-4+,17-7+,19-13?;14-5+;. The molecule has 0 saturated heterocycles. The van der Waals surface area contributed by atoms with Crippen molar-refractivity contribution < 1.29 is 24.4 Å². The average molecular weight is 667 g/mol. The molecule has 4 rings (SSSR count). The van der Waals surface area contributed by atoms with Crippen LogP contribution in [0.15, 0.2) is 59.0 Å². The van der Waals surface area contributed by atoms with E-state index in [1.165, 1.54) is 54.7 Å². The number of nitrogens with zero attached hydrogens (tertiary/aromatic N) is 4. The van der Waals surface area contributed by atoms with Crippen LogP contribution in [0, 0.1) is 16.0 Å². The number of phenols is 1. The van der Waals surface area contributed by atoms with Crippen LogP contribution in [0.5, 0.6) is 5.75 Å². The van der Waals surface area contributed by atoms with E-state index >= 15 is 0 Å². The van der Waals surface area contributed by atoms with E-state index in [4.69, 9.17) is 0 Å². The van der Waals surface area contributed by atoms with Crippen molar-refractivity contribution in [3.63, 3.8) is 0 Å². The molecule has 2 atom stereocenters. The smallest absolute Gasteiger partial charge is 0.287 e. The van der Waals surface area contributed by atoms with Crippen molar-refractivity contribution in [3.05, 3.63) is 75.3 Å². The lowest BCUT2D eigenvalue weighted by molar-refractivity contribution is -0.414. The Kier molecular flexibility index (Phi) is 17.9. The third-order valence-electron chi connectivity index (χ3n) is 8.61. The van der Waals surface area contributed by atoms with Gasteiger partial charge in [0.2, 0.25) is 0 Å². The molecule has 1 saturated carbocycles. The molecule has 0 radical (unpaired) electrons. The molecule has 1 aromatic carbocycles. The van der Waals surface area contributed by atoms with Crippen LogP contribution in [0.25, 0.3) is 0 Å². The molecule has 0 bridgehead atoms. The van der Waals surface area contributed by atoms with Gasteiger partial charge in [-0.05, 0) is 81.5 Å². The molecule has 1 aromatic rings. The van der Waals surface area contributed by atoms with Gasteiger partial charge in [0.1, 0.15) is 12.0 Å². The second kappa shape index (κ2) is 21.5. The van der Waals surface area contributed by atoms with Crippen molar-refractivity contribution in [1.29, 1.82) is 0 Å². The minimum absolute atomic E-state index is 0.0322. The Balaban J connectivity index is 0.000000317. The van der Waals surface area contributed by atoms with Crippen molar-refractivity contribution in [2.45, 2.75) is 91.1 Å². The quantitative estimate of drug-likeness (QED) is 0.114. The maximum absolute atomic E-state index is 12.6. The number of fused-ring (bicyclic) bond motifs is 1. The summed E-state index contributed by atoms with van der Waals surface area (Å²) in [5.41, 5.74) is 1.23. The molecule has 2 amide bonds. The van der Waals surface area contributed by atoms with E-state index in [0.717, 1.165) is 56.9 Å². The van der Waals surface area contributed by atoms with Gasteiger partial charge in [-0.2, -0.15) is 0 Å². The first-order valence-corrected chi connectivity index (χ1v) is 17.3. The Bertz CT molecular complexity index is 1340. The van der Waals surface area contributed by atoms with Crippen LogP contribution < -0.4 is 10.6 Å². The number of hydrogen-bond donors (Lipinski definition) is 3. The highest BCUT2D eigenvalue weighted by atomic mass is 16.6. The molecule has 1 aliphatic carbocycles. The Morgan fingerprint density at radius 1 is 1.19 bits per heavy atom. The van der Waals surface area contributed by atoms with Gasteiger partial charge in [0.15, 0.2) is 0 Å². The maximum atomic E-state index is 12.6. The predicted octanol–water partition coefficient (Wildman–Crippen LogP) is 5.48. The number of aliphatic imine (C=N–C) groups is 1. The van der Waals surface area contributed by atoms with Crippen molar-refractivity contribution in [2.75, 3.05) is 33.2 Å². The Labute approximate surface area is 285 Å². The summed E-state index contributed by atoms with van der Waals surface area (Å²) in [6.45, 7) is 12.0. The number of phenolic OH excluding ortho intramolecular Hbond substituents is 1. The monoisotopic (exact) mass is 666 g/mol. The van der Waals surface area contributed by atoms with Crippen molar-refractivity contribution >= 4 is 24.3 Å². The van der Waals surface area contributed by atoms with E-state index in [9.17, 15) is 29.6 Å². The van der Waals surface area contributed by atoms with Crippen LogP contribution in [-0.2, 0) is 4.79 Å². The van der Waals surface area contributed by atoms with Gasteiger partial charge in [-0.15, -0.1) is 0 Å². The first-order chi connectivity index (χ1) is 23.2. The lowest BCUT2D eigenvalue weighted by Crippen LogP contribution is -2.43. The van der Waals surface area contributed by atoms with Gasteiger partial charge < -0.3 is 25.4 Å². The number of rotatable bonds is 12. The summed E-state index contributed by atoms with van der Waals surface area (Å²) in [7, 11) is 1.72. The van der Waals surface area contributed by atoms with Gasteiger partial charge in [-0.3, -0.25) is 29.6 Å². The van der Waals surface area contributed by atoms with Gasteiger partial charge in [0, 0.05) is 50.9 Å². The van der Waals surface area contributed by atoms with E-state index in [0.29, 0.717) is 18.9 Å². The third kappa shape index (κ3) is 11.4. The minimum Gasteiger partial charge on any atom is -0.508 e. The molecule has 2 aliphatic heterocycles. The molecule has 1 fully saturated rings. The highest BCUT2D eigenvalue weighted by molar-refractivity contribution is 6.21. The number of nitro groups is 1. The molecule has 2 heterocycles. The lowest BCUT2D eigenvalue weighted by atomic mass is 9.90. The fourth-order valence-electron chi connectivity index (χ4n) is 5.90. The highest BCUT2D eigenvalue weighted by Crippen LogP contribution is 2.31. The Morgan fingerprint density at radius 3 is 2.52 bits per heavy atom. The SMILES string of the molecule is CC.CC/C=C(/NC)C(CCC=O)N1C(=O)c2ccc(O)cc2C1=O.CCN(CC1CCN=C/C([N+](=O)[O-])=C\C=C\NCC1)C1CCC1. The zero-order valence-electron chi connectivity index (χ0n) is 29.2. The van der Waals surface area contributed by atoms with Crippen LogP contribution in [0.2, 0.25) is 0 Å².